The van der Waals surface area contributed by atoms with Crippen molar-refractivity contribution in [1.29, 1.82) is 0 Å². The van der Waals surface area contributed by atoms with Gasteiger partial charge in [0, 0.05) is 31.7 Å². The summed E-state index contributed by atoms with van der Waals surface area (Å²) in [6, 6.07) is 12.4. The Bertz CT molecular complexity index is 386. The number of benzene rings is 1. The third-order valence-electron chi connectivity index (χ3n) is 4.73. The van der Waals surface area contributed by atoms with Crippen molar-refractivity contribution in [3.63, 3.8) is 0 Å². The highest BCUT2D eigenvalue weighted by molar-refractivity contribution is 5.15. The highest BCUT2D eigenvalue weighted by atomic mass is 15.2. The van der Waals surface area contributed by atoms with Crippen molar-refractivity contribution < 1.29 is 0 Å². The molecule has 1 aliphatic carbocycles. The average Bonchev–Trinajstić information content (AvgIpc) is 3.30. The van der Waals surface area contributed by atoms with Gasteiger partial charge in [-0.15, -0.1) is 0 Å². The Labute approximate surface area is 117 Å². The smallest absolute Gasteiger partial charge is 0.0249 e. The molecule has 1 aromatic carbocycles. The van der Waals surface area contributed by atoms with Crippen molar-refractivity contribution >= 4 is 0 Å². The molecule has 2 atom stereocenters. The molecule has 1 N–H and O–H groups in total. The molecule has 2 nitrogen and oxygen atoms in total. The molecule has 2 unspecified atom stereocenters. The number of hydrogen-bond acceptors (Lipinski definition) is 2. The minimum atomic E-state index is 0.700. The molecule has 1 heterocycles. The highest BCUT2D eigenvalue weighted by Crippen LogP contribution is 2.36. The predicted octanol–water partition coefficient (Wildman–Crippen LogP) is 2.69. The molecule has 0 spiro atoms. The molecular weight excluding hydrogens is 232 g/mol. The molecule has 3 rings (SSSR count). The summed E-state index contributed by atoms with van der Waals surface area (Å²) in [4.78, 5) is 2.76. The van der Waals surface area contributed by atoms with Crippen LogP contribution in [0.25, 0.3) is 0 Å². The molecule has 19 heavy (non-hydrogen) atoms. The molecule has 2 heteroatoms. The maximum atomic E-state index is 3.73. The van der Waals surface area contributed by atoms with E-state index in [1.54, 1.807) is 0 Å². The Hall–Kier alpha value is -0.860. The summed E-state index contributed by atoms with van der Waals surface area (Å²) < 4.78 is 0. The summed E-state index contributed by atoms with van der Waals surface area (Å²) >= 11 is 0. The summed E-state index contributed by atoms with van der Waals surface area (Å²) in [6.45, 7) is 5.97. The Morgan fingerprint density at radius 2 is 2.00 bits per heavy atom. The van der Waals surface area contributed by atoms with E-state index in [0.717, 1.165) is 12.0 Å². The number of rotatable bonds is 5. The second-order valence-electron chi connectivity index (χ2n) is 6.15. The van der Waals surface area contributed by atoms with E-state index in [2.05, 4.69) is 47.5 Å². The van der Waals surface area contributed by atoms with Crippen LogP contribution >= 0.6 is 0 Å². The summed E-state index contributed by atoms with van der Waals surface area (Å²) in [5.74, 6) is 0.973. The van der Waals surface area contributed by atoms with Gasteiger partial charge in [-0.05, 0) is 37.2 Å². The first-order valence-electron chi connectivity index (χ1n) is 7.88. The topological polar surface area (TPSA) is 15.3 Å². The van der Waals surface area contributed by atoms with Crippen LogP contribution in [0.2, 0.25) is 0 Å². The van der Waals surface area contributed by atoms with E-state index in [4.69, 9.17) is 0 Å². The SMILES string of the molecule is CCC1CN(CCc2ccccc2)C(C2CC2)CN1. The lowest BCUT2D eigenvalue weighted by Crippen LogP contribution is -2.57. The molecule has 0 aromatic heterocycles. The van der Waals surface area contributed by atoms with Gasteiger partial charge in [-0.1, -0.05) is 37.3 Å². The largest absolute Gasteiger partial charge is 0.311 e. The third-order valence-corrected chi connectivity index (χ3v) is 4.73. The van der Waals surface area contributed by atoms with Gasteiger partial charge in [0.1, 0.15) is 0 Å². The summed E-state index contributed by atoms with van der Waals surface area (Å²) in [5, 5.41) is 3.73. The van der Waals surface area contributed by atoms with E-state index >= 15 is 0 Å². The highest BCUT2D eigenvalue weighted by Gasteiger charge is 2.37. The van der Waals surface area contributed by atoms with Gasteiger partial charge in [-0.3, -0.25) is 4.90 Å². The molecule has 0 radical (unpaired) electrons. The second-order valence-corrected chi connectivity index (χ2v) is 6.15. The van der Waals surface area contributed by atoms with Crippen LogP contribution in [0.5, 0.6) is 0 Å². The van der Waals surface area contributed by atoms with Gasteiger partial charge in [0.05, 0.1) is 0 Å². The quantitative estimate of drug-likeness (QED) is 0.873. The van der Waals surface area contributed by atoms with Crippen LogP contribution < -0.4 is 5.32 Å². The van der Waals surface area contributed by atoms with Crippen LogP contribution in [0.1, 0.15) is 31.7 Å². The van der Waals surface area contributed by atoms with Crippen molar-refractivity contribution in [2.45, 2.75) is 44.7 Å². The zero-order valence-electron chi connectivity index (χ0n) is 12.0. The maximum absolute atomic E-state index is 3.73. The predicted molar refractivity (Wildman–Crippen MR) is 80.3 cm³/mol. The fraction of sp³-hybridized carbons (Fsp3) is 0.647. The molecule has 1 saturated carbocycles. The first kappa shape index (κ1) is 13.1. The fourth-order valence-electron chi connectivity index (χ4n) is 3.29. The first-order valence-corrected chi connectivity index (χ1v) is 7.88. The van der Waals surface area contributed by atoms with E-state index in [9.17, 15) is 0 Å². The van der Waals surface area contributed by atoms with Crippen molar-refractivity contribution in [3.05, 3.63) is 35.9 Å². The monoisotopic (exact) mass is 258 g/mol. The van der Waals surface area contributed by atoms with Gasteiger partial charge < -0.3 is 5.32 Å². The van der Waals surface area contributed by atoms with Gasteiger partial charge in [-0.25, -0.2) is 0 Å². The minimum Gasteiger partial charge on any atom is -0.311 e. The van der Waals surface area contributed by atoms with Crippen molar-refractivity contribution in [1.82, 2.24) is 10.2 Å². The van der Waals surface area contributed by atoms with Crippen LogP contribution in [-0.4, -0.2) is 36.6 Å². The van der Waals surface area contributed by atoms with E-state index in [-0.39, 0.29) is 0 Å². The van der Waals surface area contributed by atoms with E-state index < -0.39 is 0 Å². The van der Waals surface area contributed by atoms with Crippen LogP contribution in [0, 0.1) is 5.92 Å². The van der Waals surface area contributed by atoms with Crippen LogP contribution in [0.4, 0.5) is 0 Å². The van der Waals surface area contributed by atoms with Crippen molar-refractivity contribution in [3.8, 4) is 0 Å². The Kier molecular flexibility index (Phi) is 4.19. The molecule has 1 aliphatic heterocycles. The Balaban J connectivity index is 1.58. The van der Waals surface area contributed by atoms with Crippen molar-refractivity contribution in [2.75, 3.05) is 19.6 Å². The lowest BCUT2D eigenvalue weighted by Gasteiger charge is -2.40. The molecule has 104 valence electrons. The van der Waals surface area contributed by atoms with Gasteiger partial charge >= 0.3 is 0 Å². The zero-order valence-corrected chi connectivity index (χ0v) is 12.0. The lowest BCUT2D eigenvalue weighted by molar-refractivity contribution is 0.115. The summed E-state index contributed by atoms with van der Waals surface area (Å²) in [6.07, 6.45) is 5.34. The first-order chi connectivity index (χ1) is 9.36. The number of nitrogens with one attached hydrogen (secondary N) is 1. The van der Waals surface area contributed by atoms with Gasteiger partial charge in [0.15, 0.2) is 0 Å². The van der Waals surface area contributed by atoms with E-state index in [1.165, 1.54) is 50.9 Å². The minimum absolute atomic E-state index is 0.700. The molecule has 1 saturated heterocycles. The van der Waals surface area contributed by atoms with Crippen molar-refractivity contribution in [2.24, 2.45) is 5.92 Å². The molecule has 0 amide bonds. The van der Waals surface area contributed by atoms with Crippen LogP contribution in [0.15, 0.2) is 30.3 Å². The lowest BCUT2D eigenvalue weighted by atomic mass is 10.0. The molecule has 1 aromatic rings. The van der Waals surface area contributed by atoms with Crippen LogP contribution in [-0.2, 0) is 6.42 Å². The molecule has 2 fully saturated rings. The molecule has 2 aliphatic rings. The molecule has 0 bridgehead atoms. The van der Waals surface area contributed by atoms with E-state index in [1.807, 2.05) is 0 Å². The summed E-state index contributed by atoms with van der Waals surface area (Å²) in [7, 11) is 0. The third kappa shape index (κ3) is 3.37. The van der Waals surface area contributed by atoms with Gasteiger partial charge in [0.25, 0.3) is 0 Å². The number of piperazine rings is 1. The Morgan fingerprint density at radius 1 is 1.21 bits per heavy atom. The molecular formula is C17H26N2. The standard InChI is InChI=1S/C17H26N2/c1-2-16-13-19(17(12-18-16)15-8-9-15)11-10-14-6-4-3-5-7-14/h3-7,15-18H,2,8-13H2,1H3. The normalized spacial score (nSPS) is 28.5. The number of hydrogen-bond donors (Lipinski definition) is 1. The zero-order chi connectivity index (χ0) is 13.1. The average molecular weight is 258 g/mol. The maximum Gasteiger partial charge on any atom is 0.0249 e. The van der Waals surface area contributed by atoms with E-state index in [0.29, 0.717) is 6.04 Å². The Morgan fingerprint density at radius 3 is 2.68 bits per heavy atom. The number of nitrogens with zero attached hydrogens (tertiary/aromatic N) is 1. The fourth-order valence-corrected chi connectivity index (χ4v) is 3.29. The second kappa shape index (κ2) is 6.06. The van der Waals surface area contributed by atoms with Gasteiger partial charge in [-0.2, -0.15) is 0 Å². The van der Waals surface area contributed by atoms with Crippen LogP contribution in [0.3, 0.4) is 0 Å². The summed E-state index contributed by atoms with van der Waals surface area (Å²) in [5.41, 5.74) is 1.48. The van der Waals surface area contributed by atoms with Gasteiger partial charge in [0.2, 0.25) is 0 Å².